The first kappa shape index (κ1) is 29.4. The van der Waals surface area contributed by atoms with Gasteiger partial charge in [-0.15, -0.1) is 0 Å². The van der Waals surface area contributed by atoms with Gasteiger partial charge in [0.1, 0.15) is 6.04 Å². The molecule has 0 saturated carbocycles. The van der Waals surface area contributed by atoms with Crippen molar-refractivity contribution in [3.8, 4) is 0 Å². The Morgan fingerprint density at radius 1 is 0.950 bits per heavy atom. The van der Waals surface area contributed by atoms with Gasteiger partial charge in [0.15, 0.2) is 0 Å². The van der Waals surface area contributed by atoms with E-state index in [1.54, 1.807) is 9.80 Å². The monoisotopic (exact) mass is 548 g/mol. The van der Waals surface area contributed by atoms with E-state index in [0.717, 1.165) is 67.5 Å². The normalized spacial score (nSPS) is 20.2. The summed E-state index contributed by atoms with van der Waals surface area (Å²) in [7, 11) is 0. The van der Waals surface area contributed by atoms with Crippen LogP contribution < -0.4 is 4.90 Å². The lowest BCUT2D eigenvalue weighted by Crippen LogP contribution is -2.63. The predicted octanol–water partition coefficient (Wildman–Crippen LogP) is 6.36. The molecule has 0 spiro atoms. The van der Waals surface area contributed by atoms with Crippen molar-refractivity contribution < 1.29 is 19.5 Å². The maximum absolute atomic E-state index is 14.2. The fourth-order valence-corrected chi connectivity index (χ4v) is 5.74. The lowest BCUT2D eigenvalue weighted by Gasteiger charge is -2.43. The molecule has 1 unspecified atom stereocenters. The van der Waals surface area contributed by atoms with Gasteiger partial charge in [-0.3, -0.25) is 4.90 Å². The number of carboxylic acid groups (broad SMARTS) is 1. The highest BCUT2D eigenvalue weighted by Crippen LogP contribution is 2.37. The number of anilines is 1. The molecule has 216 valence electrons. The molecule has 1 N–H and O–H groups in total. The maximum atomic E-state index is 14.2. The summed E-state index contributed by atoms with van der Waals surface area (Å²) < 4.78 is 0. The number of fused-ring (bicyclic) bond motifs is 1. The second kappa shape index (κ2) is 13.7. The van der Waals surface area contributed by atoms with Crippen LogP contribution in [-0.2, 0) is 4.79 Å². The Morgan fingerprint density at radius 2 is 1.65 bits per heavy atom. The number of carbonyl (C=O) groups is 3. The van der Waals surface area contributed by atoms with Crippen LogP contribution in [-0.4, -0.2) is 76.6 Å². The number of benzene rings is 1. The molecule has 1 fully saturated rings. The molecule has 0 aromatic heterocycles. The van der Waals surface area contributed by atoms with Gasteiger partial charge < -0.3 is 19.8 Å². The highest BCUT2D eigenvalue weighted by Gasteiger charge is 2.41. The van der Waals surface area contributed by atoms with Crippen LogP contribution in [0.25, 0.3) is 6.08 Å². The molecular weight excluding hydrogens is 504 g/mol. The molecule has 2 atom stereocenters. The van der Waals surface area contributed by atoms with E-state index in [4.69, 9.17) is 0 Å². The molecule has 4 rings (SSSR count). The van der Waals surface area contributed by atoms with Crippen molar-refractivity contribution in [3.63, 3.8) is 0 Å². The average Bonchev–Trinajstić information content (AvgIpc) is 3.12. The van der Waals surface area contributed by atoms with Gasteiger partial charge in [0.2, 0.25) is 0 Å². The second-order valence-electron chi connectivity index (χ2n) is 11.1. The molecular formula is C32H44N4O4. The number of allylic oxidation sites excluding steroid dienone is 4. The lowest BCUT2D eigenvalue weighted by molar-refractivity contribution is -0.144. The smallest absolute Gasteiger partial charge is 0.329 e. The molecule has 1 aliphatic carbocycles. The van der Waals surface area contributed by atoms with Crippen LogP contribution in [0, 0.1) is 5.92 Å². The summed E-state index contributed by atoms with van der Waals surface area (Å²) in [4.78, 5) is 46.9. The molecule has 2 aliphatic heterocycles. The molecule has 1 aromatic rings. The van der Waals surface area contributed by atoms with Crippen LogP contribution in [0.5, 0.6) is 0 Å². The largest absolute Gasteiger partial charge is 0.480 e. The Balaban J connectivity index is 1.56. The fourth-order valence-electron chi connectivity index (χ4n) is 5.74. The summed E-state index contributed by atoms with van der Waals surface area (Å²) >= 11 is 0. The lowest BCUT2D eigenvalue weighted by atomic mass is 9.93. The second-order valence-corrected chi connectivity index (χ2v) is 11.1. The zero-order valence-corrected chi connectivity index (χ0v) is 24.2. The maximum Gasteiger partial charge on any atom is 0.329 e. The van der Waals surface area contributed by atoms with Crippen molar-refractivity contribution in [2.24, 2.45) is 5.92 Å². The van der Waals surface area contributed by atoms with Crippen molar-refractivity contribution >= 4 is 29.8 Å². The van der Waals surface area contributed by atoms with E-state index in [1.807, 2.05) is 41.3 Å². The van der Waals surface area contributed by atoms with Crippen molar-refractivity contribution in [2.45, 2.75) is 71.8 Å². The number of para-hydroxylation sites is 1. The molecule has 0 bridgehead atoms. The van der Waals surface area contributed by atoms with Gasteiger partial charge in [-0.05, 0) is 48.5 Å². The van der Waals surface area contributed by atoms with E-state index >= 15 is 0 Å². The molecule has 8 heteroatoms. The number of nitrogens with zero attached hydrogens (tertiary/aromatic N) is 4. The van der Waals surface area contributed by atoms with Crippen molar-refractivity contribution in [2.75, 3.05) is 37.6 Å². The SMILES string of the molecule is CCCCCN(CCCCC)C(=O)N1CCN(C(=O)N2C3=C(C=Cc4ccccc42)CC(C)C=C3)C[C@H]1C(=O)O. The molecule has 3 aliphatic rings. The summed E-state index contributed by atoms with van der Waals surface area (Å²) in [5, 5.41) is 10.2. The van der Waals surface area contributed by atoms with Crippen LogP contribution >= 0.6 is 0 Å². The number of amides is 4. The number of unbranched alkanes of at least 4 members (excludes halogenated alkanes) is 4. The third kappa shape index (κ3) is 6.60. The van der Waals surface area contributed by atoms with Gasteiger partial charge in [0, 0.05) is 26.2 Å². The van der Waals surface area contributed by atoms with E-state index in [-0.39, 0.29) is 31.7 Å². The van der Waals surface area contributed by atoms with Crippen LogP contribution in [0.3, 0.4) is 0 Å². The summed E-state index contributed by atoms with van der Waals surface area (Å²) in [5.74, 6) is -0.720. The number of hydrogen-bond acceptors (Lipinski definition) is 3. The third-order valence-corrected chi connectivity index (χ3v) is 8.04. The zero-order chi connectivity index (χ0) is 28.6. The molecule has 1 saturated heterocycles. The Labute approximate surface area is 238 Å². The number of urea groups is 2. The van der Waals surface area contributed by atoms with Gasteiger partial charge in [-0.1, -0.05) is 82.9 Å². The highest BCUT2D eigenvalue weighted by molar-refractivity contribution is 6.00. The quantitative estimate of drug-likeness (QED) is 0.364. The minimum absolute atomic E-state index is 0.0491. The van der Waals surface area contributed by atoms with E-state index < -0.39 is 12.0 Å². The predicted molar refractivity (Wildman–Crippen MR) is 159 cm³/mol. The topological polar surface area (TPSA) is 84.4 Å². The van der Waals surface area contributed by atoms with Crippen molar-refractivity contribution in [1.82, 2.24) is 14.7 Å². The summed E-state index contributed by atoms with van der Waals surface area (Å²) in [6.07, 6.45) is 15.0. The standard InChI is InChI=1S/C32H44N4O4/c1-4-6-10-18-33(19-11-7-5-2)31(39)35-21-20-34(23-29(35)30(37)38)32(40)36-27-13-9-8-12-25(27)15-16-26-22-24(3)14-17-28(26)36/h8-9,12-17,24,29H,4-7,10-11,18-23H2,1-3H3,(H,37,38)/t24?,29-/m0/s1. The van der Waals surface area contributed by atoms with Gasteiger partial charge in [-0.25, -0.2) is 14.4 Å². The Morgan fingerprint density at radius 3 is 2.33 bits per heavy atom. The Hall–Kier alpha value is -3.55. The van der Waals surface area contributed by atoms with Gasteiger partial charge in [0.25, 0.3) is 0 Å². The highest BCUT2D eigenvalue weighted by atomic mass is 16.4. The Kier molecular flexibility index (Phi) is 10.1. The molecule has 2 heterocycles. The molecule has 8 nitrogen and oxygen atoms in total. The first-order valence-electron chi connectivity index (χ1n) is 14.9. The number of carbonyl (C=O) groups excluding carboxylic acids is 2. The number of piperazine rings is 1. The number of rotatable bonds is 9. The minimum atomic E-state index is -1.10. The first-order valence-corrected chi connectivity index (χ1v) is 14.9. The Bertz CT molecular complexity index is 1160. The van der Waals surface area contributed by atoms with E-state index in [0.29, 0.717) is 19.0 Å². The number of aliphatic carboxylic acids is 1. The van der Waals surface area contributed by atoms with Crippen LogP contribution in [0.4, 0.5) is 15.3 Å². The van der Waals surface area contributed by atoms with E-state index in [9.17, 15) is 19.5 Å². The van der Waals surface area contributed by atoms with E-state index in [1.165, 1.54) is 4.90 Å². The van der Waals surface area contributed by atoms with Crippen LogP contribution in [0.2, 0.25) is 0 Å². The summed E-state index contributed by atoms with van der Waals surface area (Å²) in [6, 6.07) is 6.19. The molecule has 1 aromatic carbocycles. The van der Waals surface area contributed by atoms with Gasteiger partial charge in [0.05, 0.1) is 17.9 Å². The van der Waals surface area contributed by atoms with Crippen molar-refractivity contribution in [3.05, 3.63) is 59.3 Å². The van der Waals surface area contributed by atoms with E-state index in [2.05, 4.69) is 32.9 Å². The van der Waals surface area contributed by atoms with Gasteiger partial charge >= 0.3 is 18.0 Å². The van der Waals surface area contributed by atoms with Crippen molar-refractivity contribution in [1.29, 1.82) is 0 Å². The number of hydrogen-bond donors (Lipinski definition) is 1. The third-order valence-electron chi connectivity index (χ3n) is 8.04. The first-order chi connectivity index (χ1) is 19.3. The number of carboxylic acids is 1. The molecule has 0 radical (unpaired) electrons. The minimum Gasteiger partial charge on any atom is -0.480 e. The summed E-state index contributed by atoms with van der Waals surface area (Å²) in [5.41, 5.74) is 3.62. The van der Waals surface area contributed by atoms with Crippen LogP contribution in [0.1, 0.15) is 71.3 Å². The fraction of sp³-hybridized carbons (Fsp3) is 0.531. The van der Waals surface area contributed by atoms with Crippen LogP contribution in [0.15, 0.2) is 53.8 Å². The van der Waals surface area contributed by atoms with Gasteiger partial charge in [-0.2, -0.15) is 0 Å². The molecule has 40 heavy (non-hydrogen) atoms. The molecule has 4 amide bonds. The summed E-state index contributed by atoms with van der Waals surface area (Å²) in [6.45, 7) is 8.07. The zero-order valence-electron chi connectivity index (χ0n) is 24.2. The average molecular weight is 549 g/mol.